The smallest absolute Gasteiger partial charge is 0.00238 e. The summed E-state index contributed by atoms with van der Waals surface area (Å²) >= 11 is 17.1. The fourth-order valence-electron chi connectivity index (χ4n) is 1.93. The number of thioether (sulfide) groups is 8. The lowest BCUT2D eigenvalue weighted by Gasteiger charge is -2.04. The highest BCUT2D eigenvalue weighted by Crippen LogP contribution is 2.15. The van der Waals surface area contributed by atoms with Gasteiger partial charge in [0.05, 0.1) is 0 Å². The lowest BCUT2D eigenvalue weighted by Crippen LogP contribution is -1.95. The Kier molecular flexibility index (Phi) is 32.8. The zero-order valence-corrected chi connectivity index (χ0v) is 24.5. The largest absolute Gasteiger partial charge is 0.161 e. The fourth-order valence-corrected chi connectivity index (χ4v) is 10.7. The van der Waals surface area contributed by atoms with E-state index in [2.05, 4.69) is 108 Å². The molecular weight excluding hydrogens is 497 g/mol. The van der Waals surface area contributed by atoms with Gasteiger partial charge in [0.15, 0.2) is 0 Å². The Morgan fingerprint density at radius 1 is 0.250 bits per heavy atom. The van der Waals surface area contributed by atoms with E-state index in [0.29, 0.717) is 0 Å². The maximum absolute atomic E-state index is 2.27. The van der Waals surface area contributed by atoms with Gasteiger partial charge >= 0.3 is 0 Å². The summed E-state index contributed by atoms with van der Waals surface area (Å²) in [6, 6.07) is 0. The molecule has 8 heteroatoms. The van der Waals surface area contributed by atoms with Crippen molar-refractivity contribution in [3.05, 3.63) is 0 Å². The summed E-state index contributed by atoms with van der Waals surface area (Å²) in [6.07, 6.45) is 2.64. The minimum absolute atomic E-state index is 1.32. The Labute approximate surface area is 211 Å². The lowest BCUT2D eigenvalue weighted by molar-refractivity contribution is 1.11. The van der Waals surface area contributed by atoms with Gasteiger partial charge in [0.25, 0.3) is 0 Å². The van der Waals surface area contributed by atoms with E-state index in [4.69, 9.17) is 0 Å². The van der Waals surface area contributed by atoms with Crippen molar-refractivity contribution in [1.29, 1.82) is 0 Å². The molecule has 0 amide bonds. The molecule has 0 aliphatic carbocycles. The molecule has 0 bridgehead atoms. The molecule has 0 nitrogen and oxygen atoms in total. The van der Waals surface area contributed by atoms with Gasteiger partial charge in [0.1, 0.15) is 0 Å². The van der Waals surface area contributed by atoms with Crippen molar-refractivity contribution in [2.24, 2.45) is 0 Å². The van der Waals surface area contributed by atoms with Crippen molar-refractivity contribution in [2.45, 2.75) is 26.7 Å². The highest BCUT2D eigenvalue weighted by molar-refractivity contribution is 8.06. The van der Waals surface area contributed by atoms with E-state index >= 15 is 0 Å². The molecule has 0 atom stereocenters. The minimum Gasteiger partial charge on any atom is -0.161 e. The summed E-state index contributed by atoms with van der Waals surface area (Å²) in [5.74, 6) is 21.4. The molecule has 0 heterocycles. The molecule has 0 rings (SSSR count). The summed E-state index contributed by atoms with van der Waals surface area (Å²) in [5, 5.41) is 0. The number of hydrogen-bond donors (Lipinski definition) is 0. The Balaban J connectivity index is 2.96. The fraction of sp³-hybridized carbons (Fsp3) is 1.00. The first-order valence-corrected chi connectivity index (χ1v) is 19.8. The molecular formula is C20H42S8. The molecule has 0 aliphatic rings. The quantitative estimate of drug-likeness (QED) is 0.107. The molecule has 0 saturated carbocycles. The molecule has 0 radical (unpaired) electrons. The maximum Gasteiger partial charge on any atom is 0.00238 e. The molecule has 0 saturated heterocycles. The summed E-state index contributed by atoms with van der Waals surface area (Å²) in [6.45, 7) is 4.54. The summed E-state index contributed by atoms with van der Waals surface area (Å²) in [4.78, 5) is 0. The van der Waals surface area contributed by atoms with E-state index in [0.717, 1.165) is 0 Å². The highest BCUT2D eigenvalue weighted by Gasteiger charge is 1.96. The van der Waals surface area contributed by atoms with Crippen LogP contribution in [0.1, 0.15) is 26.7 Å². The molecule has 0 unspecified atom stereocenters. The van der Waals surface area contributed by atoms with Gasteiger partial charge in [0, 0.05) is 80.5 Å². The van der Waals surface area contributed by atoms with E-state index in [1.165, 1.54) is 105 Å². The SMILES string of the molecule is CCCSCCSCCSCCSCCSCCSCCSCCSCCC. The van der Waals surface area contributed by atoms with Crippen molar-refractivity contribution < 1.29 is 0 Å². The predicted octanol–water partition coefficient (Wildman–Crippen LogP) is 7.67. The molecule has 0 aromatic carbocycles. The first kappa shape index (κ1) is 30.8. The van der Waals surface area contributed by atoms with E-state index in [1.807, 2.05) is 0 Å². The van der Waals surface area contributed by atoms with E-state index in [1.54, 1.807) is 0 Å². The van der Waals surface area contributed by atoms with Gasteiger partial charge in [-0.1, -0.05) is 13.8 Å². The van der Waals surface area contributed by atoms with Gasteiger partial charge in [0.2, 0.25) is 0 Å². The second-order valence-electron chi connectivity index (χ2n) is 5.90. The van der Waals surface area contributed by atoms with Crippen molar-refractivity contribution in [2.75, 3.05) is 92.0 Å². The maximum atomic E-state index is 2.27. The normalized spacial score (nSPS) is 11.4. The third-order valence-electron chi connectivity index (χ3n) is 3.30. The number of hydrogen-bond acceptors (Lipinski definition) is 8. The average Bonchev–Trinajstić information content (AvgIpc) is 2.71. The van der Waals surface area contributed by atoms with Gasteiger partial charge in [-0.05, 0) is 24.3 Å². The molecule has 0 aromatic rings. The third-order valence-corrected chi connectivity index (χ3v) is 13.4. The first-order chi connectivity index (χ1) is 13.9. The van der Waals surface area contributed by atoms with E-state index in [-0.39, 0.29) is 0 Å². The Morgan fingerprint density at radius 3 is 0.536 bits per heavy atom. The Morgan fingerprint density at radius 2 is 0.393 bits per heavy atom. The van der Waals surface area contributed by atoms with Crippen molar-refractivity contribution in [3.8, 4) is 0 Å². The summed E-state index contributed by atoms with van der Waals surface area (Å²) < 4.78 is 0. The monoisotopic (exact) mass is 538 g/mol. The van der Waals surface area contributed by atoms with Gasteiger partial charge in [-0.15, -0.1) is 0 Å². The van der Waals surface area contributed by atoms with Crippen LogP contribution in [0.15, 0.2) is 0 Å². The number of rotatable bonds is 25. The second-order valence-corrected chi connectivity index (χ2v) is 15.7. The molecule has 0 N–H and O–H groups in total. The van der Waals surface area contributed by atoms with Crippen LogP contribution in [0, 0.1) is 0 Å². The average molecular weight is 539 g/mol. The van der Waals surface area contributed by atoms with Gasteiger partial charge in [-0.25, -0.2) is 0 Å². The topological polar surface area (TPSA) is 0 Å². The molecule has 0 fully saturated rings. The Hall–Kier alpha value is 2.80. The van der Waals surface area contributed by atoms with Crippen LogP contribution in [0.4, 0.5) is 0 Å². The molecule has 28 heavy (non-hydrogen) atoms. The minimum atomic E-state index is 1.32. The standard InChI is InChI=1S/C20H42S8/c1-3-5-21-7-9-23-11-13-25-15-17-27-19-20-28-18-16-26-14-12-24-10-8-22-6-4-2/h3-20H2,1-2H3. The van der Waals surface area contributed by atoms with Crippen LogP contribution < -0.4 is 0 Å². The van der Waals surface area contributed by atoms with Crippen LogP contribution in [-0.4, -0.2) is 92.0 Å². The second kappa shape index (κ2) is 29.8. The van der Waals surface area contributed by atoms with E-state index in [9.17, 15) is 0 Å². The zero-order chi connectivity index (χ0) is 20.4. The lowest BCUT2D eigenvalue weighted by atomic mass is 10.6. The van der Waals surface area contributed by atoms with Crippen LogP contribution in [0.25, 0.3) is 0 Å². The van der Waals surface area contributed by atoms with E-state index < -0.39 is 0 Å². The van der Waals surface area contributed by atoms with Gasteiger partial charge in [-0.3, -0.25) is 0 Å². The molecule has 0 aliphatic heterocycles. The summed E-state index contributed by atoms with van der Waals surface area (Å²) in [7, 11) is 0. The highest BCUT2D eigenvalue weighted by atomic mass is 32.2. The Bertz CT molecular complexity index is 243. The third kappa shape index (κ3) is 28.8. The molecule has 170 valence electrons. The van der Waals surface area contributed by atoms with Crippen molar-refractivity contribution >= 4 is 94.1 Å². The van der Waals surface area contributed by atoms with Crippen LogP contribution in [0.5, 0.6) is 0 Å². The van der Waals surface area contributed by atoms with Gasteiger partial charge < -0.3 is 0 Å². The summed E-state index contributed by atoms with van der Waals surface area (Å²) in [5.41, 5.74) is 0. The van der Waals surface area contributed by atoms with Crippen LogP contribution in [0.2, 0.25) is 0 Å². The molecule has 0 spiro atoms. The predicted molar refractivity (Wildman–Crippen MR) is 159 cm³/mol. The van der Waals surface area contributed by atoms with Gasteiger partial charge in [-0.2, -0.15) is 94.1 Å². The van der Waals surface area contributed by atoms with Crippen LogP contribution >= 0.6 is 94.1 Å². The van der Waals surface area contributed by atoms with Crippen molar-refractivity contribution in [1.82, 2.24) is 0 Å². The first-order valence-electron chi connectivity index (χ1n) is 10.5. The zero-order valence-electron chi connectivity index (χ0n) is 18.0. The molecule has 0 aromatic heterocycles. The van der Waals surface area contributed by atoms with Crippen molar-refractivity contribution in [3.63, 3.8) is 0 Å². The van der Waals surface area contributed by atoms with Crippen LogP contribution in [-0.2, 0) is 0 Å². The van der Waals surface area contributed by atoms with Crippen LogP contribution in [0.3, 0.4) is 0 Å².